The molecule has 0 N–H and O–H groups in total. The molecule has 2 aliphatic heterocycles. The van der Waals surface area contributed by atoms with Gasteiger partial charge in [0, 0.05) is 43.1 Å². The van der Waals surface area contributed by atoms with E-state index >= 15 is 0 Å². The molecule has 122 valence electrons. The van der Waals surface area contributed by atoms with Crippen molar-refractivity contribution in [1.29, 1.82) is 0 Å². The van der Waals surface area contributed by atoms with Crippen molar-refractivity contribution in [1.82, 2.24) is 10.1 Å². The van der Waals surface area contributed by atoms with Crippen LogP contribution in [0.15, 0.2) is 4.52 Å². The minimum Gasteiger partial charge on any atom is -0.380 e. The number of ether oxygens (including phenoxy) is 2. The summed E-state index contributed by atoms with van der Waals surface area (Å²) in [6, 6.07) is 0. The molecular weight excluding hydrogens is 280 g/mol. The lowest BCUT2D eigenvalue weighted by Gasteiger charge is -2.27. The maximum atomic E-state index is 6.04. The van der Waals surface area contributed by atoms with Crippen LogP contribution in [-0.2, 0) is 16.0 Å². The number of hydrogen-bond acceptors (Lipinski definition) is 5. The second-order valence-electron chi connectivity index (χ2n) is 7.51. The first-order chi connectivity index (χ1) is 10.7. The molecule has 0 unspecified atom stereocenters. The summed E-state index contributed by atoms with van der Waals surface area (Å²) < 4.78 is 17.1. The third-order valence-corrected chi connectivity index (χ3v) is 5.59. The lowest BCUT2D eigenvalue weighted by molar-refractivity contribution is 0.0221. The van der Waals surface area contributed by atoms with Gasteiger partial charge >= 0.3 is 0 Å². The van der Waals surface area contributed by atoms with E-state index in [1.165, 1.54) is 18.4 Å². The van der Waals surface area contributed by atoms with E-state index in [0.717, 1.165) is 63.4 Å². The average molecular weight is 306 g/mol. The van der Waals surface area contributed by atoms with Gasteiger partial charge in [-0.3, -0.25) is 4.90 Å². The van der Waals surface area contributed by atoms with Crippen molar-refractivity contribution in [3.8, 4) is 0 Å². The maximum absolute atomic E-state index is 6.04. The molecule has 0 radical (unpaired) electrons. The standard InChI is InChI=1S/C17H26N2O3/c1-12-16(13(2)22-18-12)6-19-5-15-8-21-11-17(15,9-19)10-20-7-14-3-4-14/h14-15H,3-11H2,1-2H3/t15-,17-/m1/s1. The molecule has 22 heavy (non-hydrogen) atoms. The van der Waals surface area contributed by atoms with Gasteiger partial charge in [0.15, 0.2) is 0 Å². The minimum atomic E-state index is 0.202. The van der Waals surface area contributed by atoms with Gasteiger partial charge in [-0.05, 0) is 32.6 Å². The molecule has 3 fully saturated rings. The quantitative estimate of drug-likeness (QED) is 0.806. The molecule has 1 aromatic rings. The van der Waals surface area contributed by atoms with E-state index in [4.69, 9.17) is 14.0 Å². The number of rotatable bonds is 6. The Bertz CT molecular complexity index is 521. The number of nitrogens with zero attached hydrogens (tertiary/aromatic N) is 2. The van der Waals surface area contributed by atoms with Gasteiger partial charge in [-0.1, -0.05) is 5.16 Å². The Morgan fingerprint density at radius 3 is 2.95 bits per heavy atom. The lowest BCUT2D eigenvalue weighted by atomic mass is 9.82. The third kappa shape index (κ3) is 2.70. The Kier molecular flexibility index (Phi) is 3.75. The summed E-state index contributed by atoms with van der Waals surface area (Å²) in [4.78, 5) is 2.53. The summed E-state index contributed by atoms with van der Waals surface area (Å²) in [6.07, 6.45) is 2.70. The SMILES string of the molecule is Cc1noc(C)c1CN1C[C@@H]2COC[C@]2(COCC2CC2)C1. The highest BCUT2D eigenvalue weighted by Gasteiger charge is 2.51. The highest BCUT2D eigenvalue weighted by Crippen LogP contribution is 2.42. The summed E-state index contributed by atoms with van der Waals surface area (Å²) in [7, 11) is 0. The second kappa shape index (κ2) is 5.62. The topological polar surface area (TPSA) is 47.7 Å². The van der Waals surface area contributed by atoms with Crippen LogP contribution in [0.3, 0.4) is 0 Å². The van der Waals surface area contributed by atoms with E-state index in [-0.39, 0.29) is 5.41 Å². The highest BCUT2D eigenvalue weighted by atomic mass is 16.5. The largest absolute Gasteiger partial charge is 0.380 e. The summed E-state index contributed by atoms with van der Waals surface area (Å²) >= 11 is 0. The zero-order valence-electron chi connectivity index (χ0n) is 13.6. The van der Waals surface area contributed by atoms with Crippen LogP contribution in [0.1, 0.15) is 29.9 Å². The minimum absolute atomic E-state index is 0.202. The van der Waals surface area contributed by atoms with Crippen molar-refractivity contribution < 1.29 is 14.0 Å². The molecule has 5 heteroatoms. The smallest absolute Gasteiger partial charge is 0.138 e. The molecule has 0 bridgehead atoms. The van der Waals surface area contributed by atoms with Crippen LogP contribution >= 0.6 is 0 Å². The van der Waals surface area contributed by atoms with E-state index in [9.17, 15) is 0 Å². The Morgan fingerprint density at radius 1 is 1.36 bits per heavy atom. The molecule has 2 saturated heterocycles. The van der Waals surface area contributed by atoms with E-state index < -0.39 is 0 Å². The first-order valence-corrected chi connectivity index (χ1v) is 8.46. The summed E-state index contributed by atoms with van der Waals surface area (Å²) in [6.45, 7) is 10.6. The lowest BCUT2D eigenvalue weighted by Crippen LogP contribution is -2.36. The number of hydrogen-bond donors (Lipinski definition) is 0. The van der Waals surface area contributed by atoms with Crippen molar-refractivity contribution in [2.24, 2.45) is 17.3 Å². The van der Waals surface area contributed by atoms with E-state index in [1.54, 1.807) is 0 Å². The molecule has 1 aromatic heterocycles. The Morgan fingerprint density at radius 2 is 2.23 bits per heavy atom. The summed E-state index contributed by atoms with van der Waals surface area (Å²) in [5, 5.41) is 4.07. The van der Waals surface area contributed by atoms with Crippen LogP contribution in [0.25, 0.3) is 0 Å². The zero-order valence-corrected chi connectivity index (χ0v) is 13.6. The van der Waals surface area contributed by atoms with Gasteiger partial charge < -0.3 is 14.0 Å². The molecule has 1 saturated carbocycles. The normalized spacial score (nSPS) is 31.8. The highest BCUT2D eigenvalue weighted by molar-refractivity contribution is 5.21. The van der Waals surface area contributed by atoms with Crippen LogP contribution in [0, 0.1) is 31.1 Å². The van der Waals surface area contributed by atoms with E-state index in [2.05, 4.69) is 10.1 Å². The fourth-order valence-electron chi connectivity index (χ4n) is 3.93. The Balaban J connectivity index is 1.40. The van der Waals surface area contributed by atoms with Gasteiger partial charge in [-0.2, -0.15) is 0 Å². The van der Waals surface area contributed by atoms with Gasteiger partial charge in [0.1, 0.15) is 5.76 Å². The fourth-order valence-corrected chi connectivity index (χ4v) is 3.93. The van der Waals surface area contributed by atoms with Crippen molar-refractivity contribution in [3.63, 3.8) is 0 Å². The number of aromatic nitrogens is 1. The molecule has 0 spiro atoms. The predicted molar refractivity (Wildman–Crippen MR) is 81.5 cm³/mol. The monoisotopic (exact) mass is 306 g/mol. The predicted octanol–water partition coefficient (Wildman–Crippen LogP) is 2.17. The van der Waals surface area contributed by atoms with Crippen LogP contribution in [0.5, 0.6) is 0 Å². The second-order valence-corrected chi connectivity index (χ2v) is 7.51. The summed E-state index contributed by atoms with van der Waals surface area (Å²) in [5.74, 6) is 2.38. The Hall–Kier alpha value is -0.910. The van der Waals surface area contributed by atoms with Gasteiger partial charge in [0.05, 0.1) is 25.5 Å². The zero-order chi connectivity index (χ0) is 15.2. The summed E-state index contributed by atoms with van der Waals surface area (Å²) in [5.41, 5.74) is 2.47. The molecular formula is C17H26N2O3. The van der Waals surface area contributed by atoms with Crippen LogP contribution in [-0.4, -0.2) is 49.6 Å². The number of aryl methyl sites for hydroxylation is 2. The van der Waals surface area contributed by atoms with Crippen LogP contribution < -0.4 is 0 Å². The average Bonchev–Trinajstić information content (AvgIpc) is 3.03. The molecule has 5 nitrogen and oxygen atoms in total. The molecule has 4 rings (SSSR count). The van der Waals surface area contributed by atoms with Gasteiger partial charge in [-0.15, -0.1) is 0 Å². The van der Waals surface area contributed by atoms with E-state index in [0.29, 0.717) is 5.92 Å². The van der Waals surface area contributed by atoms with E-state index in [1.807, 2.05) is 13.8 Å². The fraction of sp³-hybridized carbons (Fsp3) is 0.824. The van der Waals surface area contributed by atoms with Crippen LogP contribution in [0.2, 0.25) is 0 Å². The van der Waals surface area contributed by atoms with Crippen LogP contribution in [0.4, 0.5) is 0 Å². The Labute approximate surface area is 131 Å². The first kappa shape index (κ1) is 14.7. The molecule has 0 amide bonds. The first-order valence-electron chi connectivity index (χ1n) is 8.46. The van der Waals surface area contributed by atoms with Gasteiger partial charge in [0.2, 0.25) is 0 Å². The van der Waals surface area contributed by atoms with Crippen molar-refractivity contribution in [2.75, 3.05) is 39.5 Å². The van der Waals surface area contributed by atoms with Gasteiger partial charge in [-0.25, -0.2) is 0 Å². The molecule has 0 aromatic carbocycles. The number of likely N-dealkylation sites (tertiary alicyclic amines) is 1. The third-order valence-electron chi connectivity index (χ3n) is 5.59. The molecule has 3 heterocycles. The van der Waals surface area contributed by atoms with Crippen molar-refractivity contribution >= 4 is 0 Å². The number of fused-ring (bicyclic) bond motifs is 1. The molecule has 1 aliphatic carbocycles. The van der Waals surface area contributed by atoms with Crippen molar-refractivity contribution in [3.05, 3.63) is 17.0 Å². The molecule has 2 atom stereocenters. The molecule has 3 aliphatic rings. The van der Waals surface area contributed by atoms with Crippen molar-refractivity contribution in [2.45, 2.75) is 33.2 Å². The maximum Gasteiger partial charge on any atom is 0.138 e. The van der Waals surface area contributed by atoms with Gasteiger partial charge in [0.25, 0.3) is 0 Å².